The summed E-state index contributed by atoms with van der Waals surface area (Å²) < 4.78 is 10.6. The zero-order chi connectivity index (χ0) is 16.1. The number of para-hydroxylation sites is 1. The van der Waals surface area contributed by atoms with Crippen LogP contribution in [-0.4, -0.2) is 13.2 Å². The maximum atomic E-state index is 11.5. The van der Waals surface area contributed by atoms with Crippen LogP contribution in [0.3, 0.4) is 0 Å². The Morgan fingerprint density at radius 2 is 1.86 bits per heavy atom. The molecule has 0 unspecified atom stereocenters. The molecule has 4 heteroatoms. The van der Waals surface area contributed by atoms with Crippen LogP contribution in [0.25, 0.3) is 0 Å². The van der Waals surface area contributed by atoms with E-state index < -0.39 is 6.09 Å². The Morgan fingerprint density at radius 3 is 2.55 bits per heavy atom. The van der Waals surface area contributed by atoms with Crippen LogP contribution in [0.5, 0.6) is 5.75 Å². The Kier molecular flexibility index (Phi) is 5.04. The minimum absolute atomic E-state index is 0.380. The van der Waals surface area contributed by atoms with Crippen molar-refractivity contribution in [2.45, 2.75) is 27.4 Å². The molecule has 0 saturated heterocycles. The average molecular weight is 299 g/mol. The third-order valence-electron chi connectivity index (χ3n) is 3.49. The van der Waals surface area contributed by atoms with Gasteiger partial charge in [0.1, 0.15) is 12.4 Å². The molecular weight excluding hydrogens is 278 g/mol. The highest BCUT2D eigenvalue weighted by Gasteiger charge is 2.10. The van der Waals surface area contributed by atoms with Crippen molar-refractivity contribution in [1.82, 2.24) is 0 Å². The van der Waals surface area contributed by atoms with Crippen LogP contribution in [-0.2, 0) is 11.3 Å². The molecule has 0 radical (unpaired) electrons. The number of benzene rings is 2. The summed E-state index contributed by atoms with van der Waals surface area (Å²) in [6.45, 7) is 6.39. The Bertz CT molecular complexity index is 680. The van der Waals surface area contributed by atoms with E-state index in [1.54, 1.807) is 0 Å². The first-order valence-corrected chi connectivity index (χ1v) is 7.14. The van der Waals surface area contributed by atoms with E-state index in [1.165, 1.54) is 12.7 Å². The third kappa shape index (κ3) is 3.79. The van der Waals surface area contributed by atoms with Crippen molar-refractivity contribution in [2.75, 3.05) is 12.4 Å². The second-order valence-corrected chi connectivity index (χ2v) is 5.28. The van der Waals surface area contributed by atoms with E-state index in [0.29, 0.717) is 6.61 Å². The van der Waals surface area contributed by atoms with Gasteiger partial charge in [-0.05, 0) is 38.0 Å². The first-order chi connectivity index (χ1) is 10.5. The molecule has 0 aliphatic carbocycles. The molecule has 0 spiro atoms. The Morgan fingerprint density at radius 1 is 1.09 bits per heavy atom. The second kappa shape index (κ2) is 6.98. The summed E-state index contributed by atoms with van der Waals surface area (Å²) in [6.07, 6.45) is -0.484. The van der Waals surface area contributed by atoms with Gasteiger partial charge in [-0.15, -0.1) is 0 Å². The Hall–Kier alpha value is -2.49. The van der Waals surface area contributed by atoms with Crippen LogP contribution < -0.4 is 10.1 Å². The highest BCUT2D eigenvalue weighted by molar-refractivity contribution is 5.86. The van der Waals surface area contributed by atoms with Crippen LogP contribution in [0.1, 0.15) is 22.3 Å². The van der Waals surface area contributed by atoms with Gasteiger partial charge in [0.25, 0.3) is 0 Å². The number of carbonyl (C=O) groups excluding carboxylic acids is 1. The second-order valence-electron chi connectivity index (χ2n) is 5.28. The Balaban J connectivity index is 2.18. The van der Waals surface area contributed by atoms with Gasteiger partial charge < -0.3 is 9.47 Å². The SMILES string of the molecule is COC(=O)Nc1c(C)cccc1COc1ccc(C)cc1C. The molecule has 1 amide bonds. The molecule has 0 aliphatic heterocycles. The molecule has 0 aromatic heterocycles. The number of methoxy groups -OCH3 is 1. The van der Waals surface area contributed by atoms with Gasteiger partial charge in [-0.25, -0.2) is 4.79 Å². The maximum Gasteiger partial charge on any atom is 0.411 e. The van der Waals surface area contributed by atoms with Gasteiger partial charge in [-0.3, -0.25) is 5.32 Å². The monoisotopic (exact) mass is 299 g/mol. The molecule has 0 atom stereocenters. The fourth-order valence-electron chi connectivity index (χ4n) is 2.30. The van der Waals surface area contributed by atoms with Crippen LogP contribution in [0.15, 0.2) is 36.4 Å². The van der Waals surface area contributed by atoms with Crippen molar-refractivity contribution in [3.05, 3.63) is 58.7 Å². The third-order valence-corrected chi connectivity index (χ3v) is 3.49. The topological polar surface area (TPSA) is 47.6 Å². The zero-order valence-corrected chi connectivity index (χ0v) is 13.4. The molecule has 0 bridgehead atoms. The molecule has 4 nitrogen and oxygen atoms in total. The molecule has 2 rings (SSSR count). The molecule has 0 heterocycles. The number of anilines is 1. The summed E-state index contributed by atoms with van der Waals surface area (Å²) in [5.41, 5.74) is 4.90. The summed E-state index contributed by atoms with van der Waals surface area (Å²) in [7, 11) is 1.35. The van der Waals surface area contributed by atoms with Crippen LogP contribution in [0, 0.1) is 20.8 Å². The average Bonchev–Trinajstić information content (AvgIpc) is 2.49. The standard InChI is InChI=1S/C18H21NO3/c1-12-8-9-16(14(3)10-12)22-11-15-7-5-6-13(2)17(15)19-18(20)21-4/h5-10H,11H2,1-4H3,(H,19,20). The van der Waals surface area contributed by atoms with Gasteiger partial charge in [0.2, 0.25) is 0 Å². The molecule has 1 N–H and O–H groups in total. The summed E-state index contributed by atoms with van der Waals surface area (Å²) >= 11 is 0. The summed E-state index contributed by atoms with van der Waals surface area (Å²) in [6, 6.07) is 11.9. The lowest BCUT2D eigenvalue weighted by molar-refractivity contribution is 0.187. The molecule has 0 aliphatic rings. The fourth-order valence-corrected chi connectivity index (χ4v) is 2.30. The number of ether oxygens (including phenoxy) is 2. The molecule has 0 fully saturated rings. The van der Waals surface area contributed by atoms with Crippen molar-refractivity contribution in [3.63, 3.8) is 0 Å². The van der Waals surface area contributed by atoms with E-state index in [-0.39, 0.29) is 0 Å². The number of aryl methyl sites for hydroxylation is 3. The van der Waals surface area contributed by atoms with Gasteiger partial charge in [0.15, 0.2) is 0 Å². The number of carbonyl (C=O) groups is 1. The first-order valence-electron chi connectivity index (χ1n) is 7.14. The fraction of sp³-hybridized carbons (Fsp3) is 0.278. The van der Waals surface area contributed by atoms with Crippen molar-refractivity contribution < 1.29 is 14.3 Å². The highest BCUT2D eigenvalue weighted by Crippen LogP contribution is 2.24. The van der Waals surface area contributed by atoms with Crippen LogP contribution in [0.4, 0.5) is 10.5 Å². The van der Waals surface area contributed by atoms with Gasteiger partial charge in [0.05, 0.1) is 12.8 Å². The number of amides is 1. The van der Waals surface area contributed by atoms with Crippen molar-refractivity contribution >= 4 is 11.8 Å². The van der Waals surface area contributed by atoms with Gasteiger partial charge in [-0.1, -0.05) is 35.9 Å². The van der Waals surface area contributed by atoms with Crippen molar-refractivity contribution in [3.8, 4) is 5.75 Å². The molecule has 2 aromatic carbocycles. The summed E-state index contributed by atoms with van der Waals surface area (Å²) in [5, 5.41) is 2.75. The number of hydrogen-bond donors (Lipinski definition) is 1. The van der Waals surface area contributed by atoms with E-state index in [9.17, 15) is 4.79 Å². The Labute approximate surface area is 131 Å². The maximum absolute atomic E-state index is 11.5. The highest BCUT2D eigenvalue weighted by atomic mass is 16.5. The molecule has 22 heavy (non-hydrogen) atoms. The van der Waals surface area contributed by atoms with E-state index in [2.05, 4.69) is 23.0 Å². The zero-order valence-electron chi connectivity index (χ0n) is 13.4. The minimum atomic E-state index is -0.484. The molecular formula is C18H21NO3. The van der Waals surface area contributed by atoms with Gasteiger partial charge in [0, 0.05) is 5.56 Å². The predicted octanol–water partition coefficient (Wildman–Crippen LogP) is 4.37. The first kappa shape index (κ1) is 15.9. The minimum Gasteiger partial charge on any atom is -0.489 e. The summed E-state index contributed by atoms with van der Waals surface area (Å²) in [4.78, 5) is 11.5. The number of hydrogen-bond acceptors (Lipinski definition) is 3. The quantitative estimate of drug-likeness (QED) is 0.912. The lowest BCUT2D eigenvalue weighted by atomic mass is 10.1. The van der Waals surface area contributed by atoms with E-state index in [0.717, 1.165) is 28.1 Å². The van der Waals surface area contributed by atoms with Crippen molar-refractivity contribution in [1.29, 1.82) is 0 Å². The smallest absolute Gasteiger partial charge is 0.411 e. The lowest BCUT2D eigenvalue weighted by Crippen LogP contribution is -2.14. The molecule has 0 saturated carbocycles. The number of rotatable bonds is 4. The normalized spacial score (nSPS) is 10.2. The largest absolute Gasteiger partial charge is 0.489 e. The van der Waals surface area contributed by atoms with Crippen LogP contribution in [0.2, 0.25) is 0 Å². The predicted molar refractivity (Wildman–Crippen MR) is 87.5 cm³/mol. The summed E-state index contributed by atoms with van der Waals surface area (Å²) in [5.74, 6) is 0.844. The van der Waals surface area contributed by atoms with E-state index in [1.807, 2.05) is 44.2 Å². The van der Waals surface area contributed by atoms with Crippen molar-refractivity contribution in [2.24, 2.45) is 0 Å². The molecule has 116 valence electrons. The van der Waals surface area contributed by atoms with E-state index >= 15 is 0 Å². The molecule has 2 aromatic rings. The lowest BCUT2D eigenvalue weighted by Gasteiger charge is -2.15. The number of nitrogens with one attached hydrogen (secondary N) is 1. The van der Waals surface area contributed by atoms with Gasteiger partial charge >= 0.3 is 6.09 Å². The van der Waals surface area contributed by atoms with E-state index in [4.69, 9.17) is 4.74 Å². The van der Waals surface area contributed by atoms with Gasteiger partial charge in [-0.2, -0.15) is 0 Å². The van der Waals surface area contributed by atoms with Crippen LogP contribution >= 0.6 is 0 Å².